The number of carbonyl (C=O) groups is 3. The van der Waals surface area contributed by atoms with E-state index in [0.717, 1.165) is 10.6 Å². The van der Waals surface area contributed by atoms with E-state index in [0.29, 0.717) is 0 Å². The number of likely N-dealkylation sites (N-methyl/N-ethyl adjacent to an activating group) is 1. The fraction of sp³-hybridized carbons (Fsp3) is 0.500. The van der Waals surface area contributed by atoms with Gasteiger partial charge >= 0.3 is 6.09 Å². The van der Waals surface area contributed by atoms with Crippen molar-refractivity contribution < 1.29 is 24.0 Å². The van der Waals surface area contributed by atoms with Crippen LogP contribution in [0.2, 0.25) is 0 Å². The van der Waals surface area contributed by atoms with E-state index in [2.05, 4.69) is 10.6 Å². The number of hydrogen-bond donors (Lipinski definition) is 2. The molecule has 0 aliphatic rings. The molecule has 144 valence electrons. The summed E-state index contributed by atoms with van der Waals surface area (Å²) in [5, 5.41) is 6.07. The van der Waals surface area contributed by atoms with Crippen molar-refractivity contribution in [2.45, 2.75) is 38.8 Å². The second-order valence-electron chi connectivity index (χ2n) is 6.68. The molecule has 1 aromatic rings. The summed E-state index contributed by atoms with van der Waals surface area (Å²) >= 11 is 0. The number of amides is 3. The van der Waals surface area contributed by atoms with E-state index in [1.807, 2.05) is 30.3 Å². The minimum atomic E-state index is -0.882. The van der Waals surface area contributed by atoms with Crippen LogP contribution in [0.15, 0.2) is 30.3 Å². The van der Waals surface area contributed by atoms with Crippen molar-refractivity contribution in [3.63, 3.8) is 0 Å². The number of hydrogen-bond acceptors (Lipinski definition) is 5. The second-order valence-corrected chi connectivity index (χ2v) is 6.68. The van der Waals surface area contributed by atoms with Gasteiger partial charge in [-0.3, -0.25) is 14.4 Å². The molecule has 0 bridgehead atoms. The quantitative estimate of drug-likeness (QED) is 0.709. The summed E-state index contributed by atoms with van der Waals surface area (Å²) < 4.78 is 5.21. The molecule has 0 aliphatic heterocycles. The minimum absolute atomic E-state index is 0.246. The molecule has 0 fully saturated rings. The molecule has 0 spiro atoms. The third kappa shape index (κ3) is 7.98. The first kappa shape index (κ1) is 21.4. The Morgan fingerprint density at radius 3 is 2.31 bits per heavy atom. The normalized spacial score (nSPS) is 12.0. The van der Waals surface area contributed by atoms with Crippen LogP contribution in [-0.2, 0) is 25.6 Å². The lowest BCUT2D eigenvalue weighted by atomic mass is 10.1. The van der Waals surface area contributed by atoms with E-state index in [9.17, 15) is 14.4 Å². The molecule has 26 heavy (non-hydrogen) atoms. The summed E-state index contributed by atoms with van der Waals surface area (Å²) in [6, 6.07) is 8.36. The van der Waals surface area contributed by atoms with Gasteiger partial charge in [-0.1, -0.05) is 30.3 Å². The fourth-order valence-electron chi connectivity index (χ4n) is 2.01. The van der Waals surface area contributed by atoms with E-state index in [1.165, 1.54) is 14.2 Å². The highest BCUT2D eigenvalue weighted by Crippen LogP contribution is 2.08. The number of rotatable bonds is 7. The number of ether oxygens (including phenoxy) is 1. The van der Waals surface area contributed by atoms with Gasteiger partial charge in [-0.25, -0.2) is 9.86 Å². The Bertz CT molecular complexity index is 613. The Kier molecular flexibility index (Phi) is 8.05. The van der Waals surface area contributed by atoms with Crippen LogP contribution in [0.3, 0.4) is 0 Å². The molecular formula is C18H27N3O5. The first-order valence-electron chi connectivity index (χ1n) is 8.24. The molecule has 1 atom stereocenters. The van der Waals surface area contributed by atoms with Gasteiger partial charge in [0.15, 0.2) is 0 Å². The minimum Gasteiger partial charge on any atom is -0.444 e. The monoisotopic (exact) mass is 365 g/mol. The molecule has 3 amide bonds. The van der Waals surface area contributed by atoms with Crippen LogP contribution in [0.25, 0.3) is 0 Å². The van der Waals surface area contributed by atoms with Crippen molar-refractivity contribution in [3.05, 3.63) is 35.9 Å². The fourth-order valence-corrected chi connectivity index (χ4v) is 2.01. The van der Waals surface area contributed by atoms with Crippen LogP contribution in [0.5, 0.6) is 0 Å². The van der Waals surface area contributed by atoms with Crippen LogP contribution < -0.4 is 10.6 Å². The second kappa shape index (κ2) is 9.76. The van der Waals surface area contributed by atoms with E-state index in [-0.39, 0.29) is 13.0 Å². The summed E-state index contributed by atoms with van der Waals surface area (Å²) in [5.74, 6) is -0.908. The van der Waals surface area contributed by atoms with Crippen molar-refractivity contribution in [2.75, 3.05) is 20.7 Å². The molecule has 0 unspecified atom stereocenters. The Balaban J connectivity index is 2.77. The van der Waals surface area contributed by atoms with Crippen molar-refractivity contribution in [2.24, 2.45) is 0 Å². The molecular weight excluding hydrogens is 338 g/mol. The van der Waals surface area contributed by atoms with Gasteiger partial charge in [-0.15, -0.1) is 0 Å². The van der Waals surface area contributed by atoms with Crippen LogP contribution in [0, 0.1) is 0 Å². The van der Waals surface area contributed by atoms with Crippen LogP contribution >= 0.6 is 0 Å². The third-order valence-corrected chi connectivity index (χ3v) is 3.33. The van der Waals surface area contributed by atoms with Crippen molar-refractivity contribution in [1.29, 1.82) is 0 Å². The molecule has 0 aromatic heterocycles. The van der Waals surface area contributed by atoms with Gasteiger partial charge < -0.3 is 15.4 Å². The van der Waals surface area contributed by atoms with Gasteiger partial charge in [-0.2, -0.15) is 0 Å². The van der Waals surface area contributed by atoms with E-state index in [1.54, 1.807) is 20.8 Å². The topological polar surface area (TPSA) is 97.0 Å². The zero-order valence-corrected chi connectivity index (χ0v) is 15.9. The van der Waals surface area contributed by atoms with Crippen LogP contribution in [0.1, 0.15) is 26.3 Å². The van der Waals surface area contributed by atoms with Gasteiger partial charge in [0.2, 0.25) is 5.91 Å². The average molecular weight is 365 g/mol. The highest BCUT2D eigenvalue weighted by atomic mass is 16.7. The Labute approximate surface area is 153 Å². The van der Waals surface area contributed by atoms with E-state index < -0.39 is 29.6 Å². The van der Waals surface area contributed by atoms with Crippen molar-refractivity contribution >= 4 is 17.9 Å². The van der Waals surface area contributed by atoms with Gasteiger partial charge in [0.25, 0.3) is 5.91 Å². The summed E-state index contributed by atoms with van der Waals surface area (Å²) in [7, 11) is 2.79. The van der Waals surface area contributed by atoms with Crippen LogP contribution in [-0.4, -0.2) is 55.3 Å². The number of carbonyl (C=O) groups excluding carboxylic acids is 3. The molecule has 0 radical (unpaired) electrons. The Morgan fingerprint density at radius 2 is 1.77 bits per heavy atom. The number of benzene rings is 1. The van der Waals surface area contributed by atoms with Crippen LogP contribution in [0.4, 0.5) is 4.79 Å². The highest BCUT2D eigenvalue weighted by molar-refractivity contribution is 5.89. The third-order valence-electron chi connectivity index (χ3n) is 3.33. The maximum absolute atomic E-state index is 12.5. The SMILES string of the molecule is CON(C)C(=O)CNC(=O)[C@H](Cc1ccccc1)NC(=O)OC(C)(C)C. The smallest absolute Gasteiger partial charge is 0.408 e. The number of hydroxylamine groups is 2. The highest BCUT2D eigenvalue weighted by Gasteiger charge is 2.25. The molecule has 0 aliphatic carbocycles. The lowest BCUT2D eigenvalue weighted by Gasteiger charge is -2.23. The van der Waals surface area contributed by atoms with E-state index >= 15 is 0 Å². The summed E-state index contributed by atoms with van der Waals surface area (Å²) in [6.07, 6.45) is -0.436. The maximum Gasteiger partial charge on any atom is 0.408 e. The predicted molar refractivity (Wildman–Crippen MR) is 96.1 cm³/mol. The van der Waals surface area contributed by atoms with Gasteiger partial charge in [-0.05, 0) is 26.3 Å². The molecule has 1 aromatic carbocycles. The molecule has 0 heterocycles. The first-order chi connectivity index (χ1) is 12.1. The van der Waals surface area contributed by atoms with Gasteiger partial charge in [0.1, 0.15) is 11.6 Å². The zero-order valence-electron chi connectivity index (χ0n) is 15.9. The molecule has 0 saturated heterocycles. The van der Waals surface area contributed by atoms with Gasteiger partial charge in [0.05, 0.1) is 13.7 Å². The summed E-state index contributed by atoms with van der Waals surface area (Å²) in [5.41, 5.74) is 0.179. The zero-order chi connectivity index (χ0) is 19.7. The summed E-state index contributed by atoms with van der Waals surface area (Å²) in [4.78, 5) is 41.0. The Hall–Kier alpha value is -2.61. The molecule has 1 rings (SSSR count). The first-order valence-corrected chi connectivity index (χ1v) is 8.24. The number of nitrogens with one attached hydrogen (secondary N) is 2. The lowest BCUT2D eigenvalue weighted by molar-refractivity contribution is -0.167. The standard InChI is InChI=1S/C18H27N3O5/c1-18(2,3)26-17(24)20-14(11-13-9-7-6-8-10-13)16(23)19-12-15(22)21(4)25-5/h6-10,14H,11-12H2,1-5H3,(H,19,23)(H,20,24)/t14-/m0/s1. The largest absolute Gasteiger partial charge is 0.444 e. The Morgan fingerprint density at radius 1 is 1.15 bits per heavy atom. The van der Waals surface area contributed by atoms with Crippen molar-refractivity contribution in [3.8, 4) is 0 Å². The average Bonchev–Trinajstić information content (AvgIpc) is 2.57. The van der Waals surface area contributed by atoms with Gasteiger partial charge in [0, 0.05) is 13.5 Å². The lowest BCUT2D eigenvalue weighted by Crippen LogP contribution is -2.51. The van der Waals surface area contributed by atoms with Crippen molar-refractivity contribution in [1.82, 2.24) is 15.7 Å². The molecule has 8 nitrogen and oxygen atoms in total. The molecule has 2 N–H and O–H groups in total. The number of nitrogens with zero attached hydrogens (tertiary/aromatic N) is 1. The van der Waals surface area contributed by atoms with E-state index in [4.69, 9.17) is 9.57 Å². The molecule has 0 saturated carbocycles. The predicted octanol–water partition coefficient (Wildman–Crippen LogP) is 1.26. The molecule has 8 heteroatoms. The maximum atomic E-state index is 12.5. The number of alkyl carbamates (subject to hydrolysis) is 1. The summed E-state index contributed by atoms with van der Waals surface area (Å²) in [6.45, 7) is 4.96.